The van der Waals surface area contributed by atoms with Crippen molar-refractivity contribution in [3.8, 4) is 11.1 Å². The van der Waals surface area contributed by atoms with Crippen molar-refractivity contribution in [3.05, 3.63) is 119 Å². The van der Waals surface area contributed by atoms with Gasteiger partial charge in [0.2, 0.25) is 11.8 Å². The average molecular weight is 693 g/mol. The zero-order valence-corrected chi connectivity index (χ0v) is 29.0. The van der Waals surface area contributed by atoms with E-state index in [0.29, 0.717) is 43.6 Å². The van der Waals surface area contributed by atoms with E-state index in [1.54, 1.807) is 12.1 Å². The van der Waals surface area contributed by atoms with Gasteiger partial charge in [-0.25, -0.2) is 0 Å². The summed E-state index contributed by atoms with van der Waals surface area (Å²) >= 11 is 0. The number of ether oxygens (including phenoxy) is 3. The van der Waals surface area contributed by atoms with E-state index in [4.69, 9.17) is 19.9 Å². The molecular weight excluding hydrogens is 644 g/mol. The lowest BCUT2D eigenvalue weighted by Crippen LogP contribution is -2.44. The lowest BCUT2D eigenvalue weighted by molar-refractivity contribution is -0.253. The number of nitrogen functional groups attached to an aromatic ring is 1. The van der Waals surface area contributed by atoms with Crippen molar-refractivity contribution in [2.24, 2.45) is 0 Å². The van der Waals surface area contributed by atoms with E-state index < -0.39 is 6.29 Å². The van der Waals surface area contributed by atoms with E-state index in [9.17, 15) is 14.7 Å². The van der Waals surface area contributed by atoms with Gasteiger partial charge in [-0.15, -0.1) is 0 Å². The highest BCUT2D eigenvalue weighted by Gasteiger charge is 2.33. The number of aliphatic hydroxyl groups is 1. The Kier molecular flexibility index (Phi) is 12.8. The lowest BCUT2D eigenvalue weighted by Gasteiger charge is -2.39. The number of unbranched alkanes of at least 4 members (excludes halogenated alkanes) is 1. The molecule has 0 aliphatic carbocycles. The molecule has 0 spiro atoms. The molecule has 0 aromatic heterocycles. The molecule has 6 rings (SSSR count). The number of para-hydroxylation sites is 2. The Bertz CT molecular complexity index is 1730. The van der Waals surface area contributed by atoms with Crippen LogP contribution in [0.5, 0.6) is 0 Å². The standard InChI is InChI=1S/C41H48N4O6/c42-36-8-1-2-9-37(36)44-40(48)11-4-3-10-39(47)43-26-30-6-5-7-34(24-30)31-16-18-33(19-17-31)41-50-35(27-45-20-22-49-23-21-45)25-38(51-41)32-14-12-29(28-46)13-15-32/h1-2,5-9,12-19,24,35,38,41,46H,3-4,10-11,20-23,25-28,42H2,(H,43,47)(H,44,48)/t35-,38+,41+/m1/s1. The first-order valence-electron chi connectivity index (χ1n) is 17.8. The first kappa shape index (κ1) is 36.2. The number of benzene rings is 4. The monoisotopic (exact) mass is 692 g/mol. The third-order valence-corrected chi connectivity index (χ3v) is 9.41. The van der Waals surface area contributed by atoms with E-state index in [0.717, 1.165) is 72.6 Å². The van der Waals surface area contributed by atoms with Crippen LogP contribution >= 0.6 is 0 Å². The largest absolute Gasteiger partial charge is 0.397 e. The van der Waals surface area contributed by atoms with Crippen LogP contribution in [0.25, 0.3) is 11.1 Å². The number of carbonyl (C=O) groups is 2. The van der Waals surface area contributed by atoms with E-state index in [-0.39, 0.29) is 30.6 Å². The van der Waals surface area contributed by atoms with Gasteiger partial charge in [-0.1, -0.05) is 78.9 Å². The van der Waals surface area contributed by atoms with Crippen LogP contribution in [0.4, 0.5) is 11.4 Å². The minimum absolute atomic E-state index is 0.00468. The smallest absolute Gasteiger partial charge is 0.224 e. The molecule has 4 aromatic carbocycles. The van der Waals surface area contributed by atoms with Crippen LogP contribution in [0, 0.1) is 0 Å². The lowest BCUT2D eigenvalue weighted by atomic mass is 9.99. The van der Waals surface area contributed by atoms with Gasteiger partial charge in [0.1, 0.15) is 0 Å². The van der Waals surface area contributed by atoms with Crippen LogP contribution in [0.3, 0.4) is 0 Å². The summed E-state index contributed by atoms with van der Waals surface area (Å²) in [5.74, 6) is -0.154. The Balaban J connectivity index is 1.01. The van der Waals surface area contributed by atoms with Crippen molar-refractivity contribution >= 4 is 23.2 Å². The molecule has 3 atom stereocenters. The van der Waals surface area contributed by atoms with Gasteiger partial charge in [0.15, 0.2) is 6.29 Å². The van der Waals surface area contributed by atoms with Gasteiger partial charge >= 0.3 is 0 Å². The maximum Gasteiger partial charge on any atom is 0.224 e. The quantitative estimate of drug-likeness (QED) is 0.0918. The van der Waals surface area contributed by atoms with Gasteiger partial charge in [0, 0.05) is 51.0 Å². The number of amides is 2. The van der Waals surface area contributed by atoms with Crippen molar-refractivity contribution < 1.29 is 28.9 Å². The van der Waals surface area contributed by atoms with Crippen molar-refractivity contribution in [1.82, 2.24) is 10.2 Å². The van der Waals surface area contributed by atoms with Crippen molar-refractivity contribution in [2.75, 3.05) is 43.9 Å². The summed E-state index contributed by atoms with van der Waals surface area (Å²) in [6.45, 7) is 4.51. The van der Waals surface area contributed by atoms with Gasteiger partial charge in [0.05, 0.1) is 43.4 Å². The summed E-state index contributed by atoms with van der Waals surface area (Å²) in [7, 11) is 0. The summed E-state index contributed by atoms with van der Waals surface area (Å²) in [4.78, 5) is 27.2. The minimum atomic E-state index is -0.514. The van der Waals surface area contributed by atoms with Crippen molar-refractivity contribution in [3.63, 3.8) is 0 Å². The first-order chi connectivity index (χ1) is 24.9. The van der Waals surface area contributed by atoms with E-state index in [2.05, 4.69) is 51.9 Å². The zero-order chi connectivity index (χ0) is 35.4. The van der Waals surface area contributed by atoms with Crippen LogP contribution in [0.15, 0.2) is 97.1 Å². The summed E-state index contributed by atoms with van der Waals surface area (Å²) in [6, 6.07) is 31.6. The maximum atomic E-state index is 12.5. The number of nitrogens with one attached hydrogen (secondary N) is 2. The Labute approximate surface area is 299 Å². The van der Waals surface area contributed by atoms with Crippen LogP contribution in [0.1, 0.15) is 66.8 Å². The molecule has 268 valence electrons. The number of carbonyl (C=O) groups excluding carboxylic acids is 2. The molecule has 10 heteroatoms. The molecule has 5 N–H and O–H groups in total. The SMILES string of the molecule is Nc1ccccc1NC(=O)CCCCC(=O)NCc1cccc(-c2ccc([C@H]3O[C@@H](CN4CCOCC4)C[C@@H](c4ccc(CO)cc4)O3)cc2)c1. The van der Waals surface area contributed by atoms with Gasteiger partial charge in [0.25, 0.3) is 0 Å². The van der Waals surface area contributed by atoms with Crippen molar-refractivity contribution in [1.29, 1.82) is 0 Å². The Morgan fingerprint density at radius 3 is 2.25 bits per heavy atom. The Morgan fingerprint density at radius 1 is 0.784 bits per heavy atom. The molecule has 2 heterocycles. The summed E-state index contributed by atoms with van der Waals surface area (Å²) in [6.07, 6.45) is 2.01. The molecule has 51 heavy (non-hydrogen) atoms. The van der Waals surface area contributed by atoms with Crippen LogP contribution < -0.4 is 16.4 Å². The molecule has 2 fully saturated rings. The third kappa shape index (κ3) is 10.5. The predicted molar refractivity (Wildman–Crippen MR) is 197 cm³/mol. The molecule has 0 saturated carbocycles. The molecule has 10 nitrogen and oxygen atoms in total. The highest BCUT2D eigenvalue weighted by Crippen LogP contribution is 2.38. The Morgan fingerprint density at radius 2 is 1.51 bits per heavy atom. The zero-order valence-electron chi connectivity index (χ0n) is 29.0. The highest BCUT2D eigenvalue weighted by molar-refractivity contribution is 5.93. The number of hydrogen-bond acceptors (Lipinski definition) is 8. The molecule has 2 aliphatic rings. The summed E-state index contributed by atoms with van der Waals surface area (Å²) in [5.41, 5.74) is 13.0. The summed E-state index contributed by atoms with van der Waals surface area (Å²) in [5, 5.41) is 15.3. The second-order valence-electron chi connectivity index (χ2n) is 13.2. The molecule has 4 aromatic rings. The number of nitrogens with zero attached hydrogens (tertiary/aromatic N) is 1. The molecule has 0 bridgehead atoms. The molecule has 2 aliphatic heterocycles. The maximum absolute atomic E-state index is 12.5. The molecule has 0 unspecified atom stereocenters. The number of anilines is 2. The van der Waals surface area contributed by atoms with Gasteiger partial charge < -0.3 is 35.7 Å². The molecule has 0 radical (unpaired) electrons. The number of rotatable bonds is 14. The first-order valence-corrected chi connectivity index (χ1v) is 17.8. The van der Waals surface area contributed by atoms with Gasteiger partial charge in [-0.2, -0.15) is 0 Å². The second-order valence-corrected chi connectivity index (χ2v) is 13.2. The predicted octanol–water partition coefficient (Wildman–Crippen LogP) is 6.12. The van der Waals surface area contributed by atoms with E-state index >= 15 is 0 Å². The van der Waals surface area contributed by atoms with Crippen LogP contribution in [-0.2, 0) is 37.0 Å². The number of morpholine rings is 1. The minimum Gasteiger partial charge on any atom is -0.397 e. The third-order valence-electron chi connectivity index (χ3n) is 9.41. The second kappa shape index (κ2) is 18.1. The van der Waals surface area contributed by atoms with Gasteiger partial charge in [-0.05, 0) is 58.9 Å². The molecular formula is C41H48N4O6. The van der Waals surface area contributed by atoms with Crippen LogP contribution in [0.2, 0.25) is 0 Å². The topological polar surface area (TPSA) is 135 Å². The molecule has 2 saturated heterocycles. The molecule has 2 amide bonds. The van der Waals surface area contributed by atoms with E-state index in [1.165, 1.54) is 0 Å². The number of aliphatic hydroxyl groups excluding tert-OH is 1. The van der Waals surface area contributed by atoms with E-state index in [1.807, 2.05) is 48.5 Å². The Hall–Kier alpha value is -4.58. The van der Waals surface area contributed by atoms with Crippen LogP contribution in [-0.4, -0.2) is 60.8 Å². The number of nitrogens with two attached hydrogens (primary N) is 1. The fourth-order valence-electron chi connectivity index (χ4n) is 6.48. The van der Waals surface area contributed by atoms with Crippen molar-refractivity contribution in [2.45, 2.75) is 63.8 Å². The normalized spacial score (nSPS) is 19.4. The fourth-order valence-corrected chi connectivity index (χ4v) is 6.48. The fraction of sp³-hybridized carbons (Fsp3) is 0.366. The van der Waals surface area contributed by atoms with Gasteiger partial charge in [-0.3, -0.25) is 14.5 Å². The summed E-state index contributed by atoms with van der Waals surface area (Å²) < 4.78 is 18.7. The average Bonchev–Trinajstić information content (AvgIpc) is 3.17. The number of hydrogen-bond donors (Lipinski definition) is 4. The highest BCUT2D eigenvalue weighted by atomic mass is 16.7.